The maximum absolute atomic E-state index is 13.6. The first-order chi connectivity index (χ1) is 9.58. The molecule has 2 rings (SSSR count). The normalized spacial score (nSPS) is 12.7. The Morgan fingerprint density at radius 2 is 2.10 bits per heavy atom. The number of nitrogens with zero attached hydrogens (tertiary/aromatic N) is 2. The molecule has 0 bridgehead atoms. The Bertz CT molecular complexity index is 598. The third kappa shape index (κ3) is 3.13. The van der Waals surface area contributed by atoms with E-state index in [-0.39, 0.29) is 11.9 Å². The van der Waals surface area contributed by atoms with Crippen LogP contribution in [-0.4, -0.2) is 16.8 Å². The summed E-state index contributed by atoms with van der Waals surface area (Å²) in [7, 11) is 1.86. The predicted octanol–water partition coefficient (Wildman–Crippen LogP) is 4.27. The Morgan fingerprint density at radius 1 is 1.35 bits per heavy atom. The van der Waals surface area contributed by atoms with Gasteiger partial charge in [-0.2, -0.15) is 5.10 Å². The van der Waals surface area contributed by atoms with Gasteiger partial charge in [0.15, 0.2) is 0 Å². The van der Waals surface area contributed by atoms with E-state index in [1.165, 1.54) is 6.07 Å². The van der Waals surface area contributed by atoms with Gasteiger partial charge in [0.25, 0.3) is 0 Å². The fourth-order valence-electron chi connectivity index (χ4n) is 2.22. The molecule has 0 radical (unpaired) electrons. The molecule has 0 saturated heterocycles. The molecule has 0 saturated carbocycles. The van der Waals surface area contributed by atoms with Crippen LogP contribution in [0.4, 0.5) is 4.39 Å². The Labute approximate surface area is 134 Å². The Kier molecular flexibility index (Phi) is 5.35. The van der Waals surface area contributed by atoms with Gasteiger partial charge in [0.2, 0.25) is 0 Å². The third-order valence-corrected chi connectivity index (χ3v) is 4.43. The molecule has 0 aliphatic carbocycles. The number of hydrogen-bond acceptors (Lipinski definition) is 2. The molecule has 0 spiro atoms. The fourth-order valence-corrected chi connectivity index (χ4v) is 3.22. The van der Waals surface area contributed by atoms with Crippen molar-refractivity contribution in [3.8, 4) is 0 Å². The number of hydrogen-bond donors (Lipinski definition) is 1. The molecule has 1 aromatic carbocycles. The van der Waals surface area contributed by atoms with Crippen molar-refractivity contribution in [1.29, 1.82) is 0 Å². The van der Waals surface area contributed by atoms with Crippen LogP contribution in [0.5, 0.6) is 0 Å². The van der Waals surface area contributed by atoms with Gasteiger partial charge in [-0.25, -0.2) is 4.39 Å². The Morgan fingerprint density at radius 3 is 2.75 bits per heavy atom. The zero-order chi connectivity index (χ0) is 14.7. The summed E-state index contributed by atoms with van der Waals surface area (Å²) in [6.45, 7) is 2.93. The Hall–Kier alpha value is -0.720. The van der Waals surface area contributed by atoms with E-state index in [0.717, 1.165) is 33.2 Å². The highest BCUT2D eigenvalue weighted by Gasteiger charge is 2.22. The van der Waals surface area contributed by atoms with Crippen molar-refractivity contribution in [2.45, 2.75) is 25.9 Å². The lowest BCUT2D eigenvalue weighted by Crippen LogP contribution is -2.22. The average molecular weight is 405 g/mol. The van der Waals surface area contributed by atoms with E-state index >= 15 is 0 Å². The molecule has 1 unspecified atom stereocenters. The van der Waals surface area contributed by atoms with E-state index < -0.39 is 0 Å². The van der Waals surface area contributed by atoms with E-state index in [4.69, 9.17) is 0 Å². The monoisotopic (exact) mass is 403 g/mol. The van der Waals surface area contributed by atoms with Gasteiger partial charge in [0, 0.05) is 11.0 Å². The molecule has 0 aliphatic rings. The van der Waals surface area contributed by atoms with Gasteiger partial charge in [-0.05, 0) is 53.2 Å². The third-order valence-electron chi connectivity index (χ3n) is 3.10. The lowest BCUT2D eigenvalue weighted by molar-refractivity contribution is 0.530. The smallest absolute Gasteiger partial charge is 0.123 e. The van der Waals surface area contributed by atoms with Crippen LogP contribution < -0.4 is 5.32 Å². The average Bonchev–Trinajstić information content (AvgIpc) is 2.77. The summed E-state index contributed by atoms with van der Waals surface area (Å²) < 4.78 is 17.3. The van der Waals surface area contributed by atoms with Gasteiger partial charge in [-0.1, -0.05) is 22.9 Å². The zero-order valence-electron chi connectivity index (χ0n) is 11.3. The minimum atomic E-state index is -0.249. The summed E-state index contributed by atoms with van der Waals surface area (Å²) in [5.41, 5.74) is 1.85. The molecule has 1 N–H and O–H groups in total. The second-order valence-corrected chi connectivity index (χ2v) is 6.20. The summed E-state index contributed by atoms with van der Waals surface area (Å²) in [6.07, 6.45) is 2.77. The summed E-state index contributed by atoms with van der Waals surface area (Å²) in [4.78, 5) is 0. The highest BCUT2D eigenvalue weighted by atomic mass is 79.9. The lowest BCUT2D eigenvalue weighted by Gasteiger charge is -2.20. The van der Waals surface area contributed by atoms with E-state index in [1.54, 1.807) is 18.3 Å². The van der Waals surface area contributed by atoms with Crippen molar-refractivity contribution >= 4 is 31.9 Å². The number of aryl methyl sites for hydroxylation is 1. The van der Waals surface area contributed by atoms with E-state index in [9.17, 15) is 4.39 Å². The molecule has 2 aromatic rings. The fraction of sp³-hybridized carbons (Fsp3) is 0.357. The van der Waals surface area contributed by atoms with Gasteiger partial charge in [-0.3, -0.25) is 4.68 Å². The van der Waals surface area contributed by atoms with Crippen LogP contribution in [0.25, 0.3) is 0 Å². The van der Waals surface area contributed by atoms with E-state index in [2.05, 4.69) is 49.2 Å². The molecular formula is C14H16Br2FN3. The SMILES string of the molecule is CCCn1ncc(Br)c1C(NC)c1cc(F)ccc1Br. The van der Waals surface area contributed by atoms with Crippen molar-refractivity contribution in [3.05, 3.63) is 50.4 Å². The van der Waals surface area contributed by atoms with Crippen LogP contribution in [-0.2, 0) is 6.54 Å². The van der Waals surface area contributed by atoms with Crippen molar-refractivity contribution in [2.24, 2.45) is 0 Å². The summed E-state index contributed by atoms with van der Waals surface area (Å²) in [6, 6.07) is 4.58. The highest BCUT2D eigenvalue weighted by Crippen LogP contribution is 2.33. The zero-order valence-corrected chi connectivity index (χ0v) is 14.5. The summed E-state index contributed by atoms with van der Waals surface area (Å²) in [5.74, 6) is -0.249. The molecule has 3 nitrogen and oxygen atoms in total. The number of rotatable bonds is 5. The molecule has 1 aromatic heterocycles. The van der Waals surface area contributed by atoms with Gasteiger partial charge in [0.1, 0.15) is 5.82 Å². The van der Waals surface area contributed by atoms with Crippen molar-refractivity contribution < 1.29 is 4.39 Å². The second kappa shape index (κ2) is 6.83. The number of nitrogens with one attached hydrogen (secondary N) is 1. The standard InChI is InChI=1S/C14H16Br2FN3/c1-3-6-20-14(12(16)8-19-20)13(18-2)10-7-9(17)4-5-11(10)15/h4-5,7-8,13,18H,3,6H2,1-2H3. The topological polar surface area (TPSA) is 29.9 Å². The van der Waals surface area contributed by atoms with Gasteiger partial charge in [-0.15, -0.1) is 0 Å². The van der Waals surface area contributed by atoms with Crippen LogP contribution in [0, 0.1) is 5.82 Å². The molecule has 0 fully saturated rings. The highest BCUT2D eigenvalue weighted by molar-refractivity contribution is 9.10. The van der Waals surface area contributed by atoms with Crippen LogP contribution in [0.2, 0.25) is 0 Å². The minimum Gasteiger partial charge on any atom is -0.308 e. The molecule has 0 amide bonds. The van der Waals surface area contributed by atoms with Gasteiger partial charge < -0.3 is 5.32 Å². The Balaban J connectivity index is 2.52. The van der Waals surface area contributed by atoms with Crippen molar-refractivity contribution in [3.63, 3.8) is 0 Å². The van der Waals surface area contributed by atoms with Gasteiger partial charge in [0.05, 0.1) is 22.4 Å². The summed E-state index contributed by atoms with van der Waals surface area (Å²) >= 11 is 7.03. The first kappa shape index (κ1) is 15.7. The van der Waals surface area contributed by atoms with Crippen LogP contribution in [0.15, 0.2) is 33.3 Å². The van der Waals surface area contributed by atoms with Crippen molar-refractivity contribution in [1.82, 2.24) is 15.1 Å². The van der Waals surface area contributed by atoms with E-state index in [1.807, 2.05) is 11.7 Å². The molecule has 1 heterocycles. The maximum atomic E-state index is 13.6. The molecular weight excluding hydrogens is 389 g/mol. The van der Waals surface area contributed by atoms with Crippen LogP contribution >= 0.6 is 31.9 Å². The molecule has 20 heavy (non-hydrogen) atoms. The first-order valence-corrected chi connectivity index (χ1v) is 8.00. The second-order valence-electron chi connectivity index (χ2n) is 4.49. The summed E-state index contributed by atoms with van der Waals surface area (Å²) in [5, 5.41) is 7.61. The largest absolute Gasteiger partial charge is 0.308 e. The van der Waals surface area contributed by atoms with Gasteiger partial charge >= 0.3 is 0 Å². The lowest BCUT2D eigenvalue weighted by atomic mass is 10.0. The maximum Gasteiger partial charge on any atom is 0.123 e. The predicted molar refractivity (Wildman–Crippen MR) is 85.2 cm³/mol. The minimum absolute atomic E-state index is 0.136. The molecule has 1 atom stereocenters. The van der Waals surface area contributed by atoms with Crippen LogP contribution in [0.3, 0.4) is 0 Å². The van der Waals surface area contributed by atoms with Crippen molar-refractivity contribution in [2.75, 3.05) is 7.05 Å². The first-order valence-electron chi connectivity index (χ1n) is 6.41. The molecule has 0 aliphatic heterocycles. The van der Waals surface area contributed by atoms with E-state index in [0.29, 0.717) is 0 Å². The number of benzene rings is 1. The molecule has 108 valence electrons. The number of halogens is 3. The van der Waals surface area contributed by atoms with Crippen LogP contribution in [0.1, 0.15) is 30.6 Å². The quantitative estimate of drug-likeness (QED) is 0.806. The number of aromatic nitrogens is 2. The molecule has 6 heteroatoms.